The van der Waals surface area contributed by atoms with Crippen molar-refractivity contribution in [2.24, 2.45) is 5.92 Å². The van der Waals surface area contributed by atoms with E-state index >= 15 is 0 Å². The maximum Gasteiger partial charge on any atom is 0.122 e. The van der Waals surface area contributed by atoms with Crippen LogP contribution in [0.1, 0.15) is 31.7 Å². The first-order chi connectivity index (χ1) is 8.70. The smallest absolute Gasteiger partial charge is 0.122 e. The first-order valence-corrected chi connectivity index (χ1v) is 7.25. The fourth-order valence-electron chi connectivity index (χ4n) is 2.48. The van der Waals surface area contributed by atoms with Crippen LogP contribution in [0.25, 0.3) is 0 Å². The van der Waals surface area contributed by atoms with Gasteiger partial charge in [0, 0.05) is 29.9 Å². The normalized spacial score (nSPS) is 19.7. The van der Waals surface area contributed by atoms with Gasteiger partial charge in [-0.3, -0.25) is 0 Å². The van der Waals surface area contributed by atoms with E-state index in [1.165, 1.54) is 5.56 Å². The Morgan fingerprint density at radius 2 is 2.17 bits per heavy atom. The van der Waals surface area contributed by atoms with E-state index in [1.807, 2.05) is 12.1 Å². The lowest BCUT2D eigenvalue weighted by atomic mass is 10.00. The van der Waals surface area contributed by atoms with Gasteiger partial charge >= 0.3 is 0 Å². The highest BCUT2D eigenvalue weighted by Gasteiger charge is 2.24. The van der Waals surface area contributed by atoms with Crippen LogP contribution in [0.5, 0.6) is 5.75 Å². The van der Waals surface area contributed by atoms with Crippen LogP contribution in [0.3, 0.4) is 0 Å². The molecule has 1 aliphatic heterocycles. The Morgan fingerprint density at radius 3 is 2.89 bits per heavy atom. The molecule has 2 unspecified atom stereocenters. The number of fused-ring (bicyclic) bond motifs is 1. The molecule has 0 bridgehead atoms. The van der Waals surface area contributed by atoms with Gasteiger partial charge in [0.1, 0.15) is 5.75 Å². The van der Waals surface area contributed by atoms with Crippen molar-refractivity contribution in [3.8, 4) is 5.75 Å². The summed E-state index contributed by atoms with van der Waals surface area (Å²) in [5.74, 6) is 2.84. The minimum atomic E-state index is 0.402. The number of halogens is 1. The maximum atomic E-state index is 6.00. The maximum absolute atomic E-state index is 6.00. The summed E-state index contributed by atoms with van der Waals surface area (Å²) < 4.78 is 5.69. The third-order valence-corrected chi connectivity index (χ3v) is 3.77. The molecule has 0 saturated heterocycles. The molecule has 1 aromatic rings. The molecule has 0 spiro atoms. The largest absolute Gasteiger partial charge is 0.493 e. The Hall–Kier alpha value is -0.730. The molecule has 0 radical (unpaired) electrons. The molecular formula is C15H22ClNO. The molecule has 18 heavy (non-hydrogen) atoms. The molecule has 1 aromatic carbocycles. The number of hydrogen-bond donors (Lipinski definition) is 1. The molecule has 3 heteroatoms. The lowest BCUT2D eigenvalue weighted by molar-refractivity contribution is 0.319. The standard InChI is InChI=1S/C15H22ClNO/c1-11(2)7-13(8-16)17-9-12-10-18-15-6-4-3-5-14(12)15/h3-6,11-13,17H,7-10H2,1-2H3. The van der Waals surface area contributed by atoms with Gasteiger partial charge in [0.15, 0.2) is 0 Å². The van der Waals surface area contributed by atoms with E-state index in [1.54, 1.807) is 0 Å². The molecule has 100 valence electrons. The summed E-state index contributed by atoms with van der Waals surface area (Å²) in [5.41, 5.74) is 1.32. The number of benzene rings is 1. The Balaban J connectivity index is 1.88. The summed E-state index contributed by atoms with van der Waals surface area (Å²) in [6.07, 6.45) is 1.12. The third kappa shape index (κ3) is 3.39. The van der Waals surface area contributed by atoms with Crippen LogP contribution >= 0.6 is 11.6 Å². The van der Waals surface area contributed by atoms with Gasteiger partial charge in [-0.1, -0.05) is 32.0 Å². The Bertz CT molecular complexity index is 381. The van der Waals surface area contributed by atoms with Crippen molar-refractivity contribution in [2.45, 2.75) is 32.2 Å². The first-order valence-electron chi connectivity index (χ1n) is 6.71. The highest BCUT2D eigenvalue weighted by molar-refractivity contribution is 6.18. The van der Waals surface area contributed by atoms with Gasteiger partial charge in [0.25, 0.3) is 0 Å². The number of nitrogens with one attached hydrogen (secondary N) is 1. The summed E-state index contributed by atoms with van der Waals surface area (Å²) in [6.45, 7) is 6.19. The first kappa shape index (κ1) is 13.7. The van der Waals surface area contributed by atoms with Crippen molar-refractivity contribution in [3.63, 3.8) is 0 Å². The average Bonchev–Trinajstić information content (AvgIpc) is 2.77. The van der Waals surface area contributed by atoms with Crippen molar-refractivity contribution in [3.05, 3.63) is 29.8 Å². The predicted molar refractivity (Wildman–Crippen MR) is 76.6 cm³/mol. The van der Waals surface area contributed by atoms with E-state index < -0.39 is 0 Å². The number of ether oxygens (including phenoxy) is 1. The highest BCUT2D eigenvalue weighted by Crippen LogP contribution is 2.32. The molecule has 1 heterocycles. The Kier molecular flexibility index (Phi) is 4.90. The van der Waals surface area contributed by atoms with Gasteiger partial charge in [0.2, 0.25) is 0 Å². The van der Waals surface area contributed by atoms with Crippen molar-refractivity contribution < 1.29 is 4.74 Å². The van der Waals surface area contributed by atoms with Crippen LogP contribution < -0.4 is 10.1 Å². The fraction of sp³-hybridized carbons (Fsp3) is 0.600. The zero-order chi connectivity index (χ0) is 13.0. The van der Waals surface area contributed by atoms with E-state index in [0.717, 1.165) is 25.3 Å². The summed E-state index contributed by atoms with van der Waals surface area (Å²) in [5, 5.41) is 3.57. The lowest BCUT2D eigenvalue weighted by Crippen LogP contribution is -2.35. The summed E-state index contributed by atoms with van der Waals surface area (Å²) >= 11 is 6.00. The molecule has 0 fully saturated rings. The van der Waals surface area contributed by atoms with Gasteiger partial charge < -0.3 is 10.1 Å². The van der Waals surface area contributed by atoms with E-state index in [-0.39, 0.29) is 0 Å². The van der Waals surface area contributed by atoms with E-state index in [4.69, 9.17) is 16.3 Å². The van der Waals surface area contributed by atoms with Crippen molar-refractivity contribution in [1.29, 1.82) is 0 Å². The van der Waals surface area contributed by atoms with Crippen LogP contribution in [0.4, 0.5) is 0 Å². The van der Waals surface area contributed by atoms with Crippen LogP contribution in [0, 0.1) is 5.92 Å². The molecule has 0 saturated carbocycles. The average molecular weight is 268 g/mol. The van der Waals surface area contributed by atoms with Crippen molar-refractivity contribution >= 4 is 11.6 Å². The second-order valence-corrected chi connectivity index (χ2v) is 5.74. The van der Waals surface area contributed by atoms with Crippen molar-refractivity contribution in [2.75, 3.05) is 19.0 Å². The molecular weight excluding hydrogens is 246 g/mol. The van der Waals surface area contributed by atoms with E-state index in [0.29, 0.717) is 23.8 Å². The molecule has 0 aliphatic carbocycles. The molecule has 1 aliphatic rings. The minimum Gasteiger partial charge on any atom is -0.493 e. The second-order valence-electron chi connectivity index (χ2n) is 5.43. The molecule has 1 N–H and O–H groups in total. The topological polar surface area (TPSA) is 21.3 Å². The van der Waals surface area contributed by atoms with Crippen LogP contribution in [-0.4, -0.2) is 25.1 Å². The van der Waals surface area contributed by atoms with E-state index in [9.17, 15) is 0 Å². The van der Waals surface area contributed by atoms with Gasteiger partial charge in [-0.05, 0) is 18.4 Å². The fourth-order valence-corrected chi connectivity index (χ4v) is 2.71. The number of para-hydroxylation sites is 1. The third-order valence-electron chi connectivity index (χ3n) is 3.39. The summed E-state index contributed by atoms with van der Waals surface area (Å²) in [4.78, 5) is 0. The lowest BCUT2D eigenvalue weighted by Gasteiger charge is -2.20. The zero-order valence-corrected chi connectivity index (χ0v) is 11.9. The van der Waals surface area contributed by atoms with Crippen LogP contribution in [0.15, 0.2) is 24.3 Å². The summed E-state index contributed by atoms with van der Waals surface area (Å²) in [7, 11) is 0. The van der Waals surface area contributed by atoms with Gasteiger partial charge in [-0.25, -0.2) is 0 Å². The van der Waals surface area contributed by atoms with Gasteiger partial charge in [-0.15, -0.1) is 11.6 Å². The van der Waals surface area contributed by atoms with Gasteiger partial charge in [-0.2, -0.15) is 0 Å². The number of rotatable bonds is 6. The quantitative estimate of drug-likeness (QED) is 0.798. The number of hydrogen-bond acceptors (Lipinski definition) is 2. The summed E-state index contributed by atoms with van der Waals surface area (Å²) in [6, 6.07) is 8.71. The highest BCUT2D eigenvalue weighted by atomic mass is 35.5. The van der Waals surface area contributed by atoms with Crippen LogP contribution in [-0.2, 0) is 0 Å². The monoisotopic (exact) mass is 267 g/mol. The van der Waals surface area contributed by atoms with E-state index in [2.05, 4.69) is 31.3 Å². The Morgan fingerprint density at radius 1 is 1.39 bits per heavy atom. The van der Waals surface area contributed by atoms with Gasteiger partial charge in [0.05, 0.1) is 6.61 Å². The molecule has 0 aromatic heterocycles. The SMILES string of the molecule is CC(C)CC(CCl)NCC1COc2ccccc21. The molecule has 2 atom stereocenters. The van der Waals surface area contributed by atoms with Crippen LogP contribution in [0.2, 0.25) is 0 Å². The zero-order valence-electron chi connectivity index (χ0n) is 11.2. The second kappa shape index (κ2) is 6.44. The van der Waals surface area contributed by atoms with Crippen molar-refractivity contribution in [1.82, 2.24) is 5.32 Å². The molecule has 0 amide bonds. The molecule has 2 rings (SSSR count). The minimum absolute atomic E-state index is 0.402. The predicted octanol–water partition coefficient (Wildman–Crippen LogP) is 3.41. The number of alkyl halides is 1. The Labute approximate surface area is 115 Å². The molecule has 2 nitrogen and oxygen atoms in total.